The molecular weight excluding hydrogens is 460 g/mol. The van der Waals surface area contributed by atoms with Gasteiger partial charge in [0.05, 0.1) is 5.69 Å². The molecule has 1 N–H and O–H groups in total. The van der Waals surface area contributed by atoms with Gasteiger partial charge in [0.2, 0.25) is 17.3 Å². The van der Waals surface area contributed by atoms with Crippen molar-refractivity contribution in [2.45, 2.75) is 39.0 Å². The summed E-state index contributed by atoms with van der Waals surface area (Å²) in [6, 6.07) is 11.1. The third kappa shape index (κ3) is 4.51. The van der Waals surface area contributed by atoms with Crippen molar-refractivity contribution < 1.29 is 4.52 Å². The van der Waals surface area contributed by atoms with E-state index in [9.17, 15) is 4.79 Å². The molecule has 158 valence electrons. The summed E-state index contributed by atoms with van der Waals surface area (Å²) in [5, 5.41) is 8.80. The Labute approximate surface area is 186 Å². The molecule has 0 bridgehead atoms. The molecule has 31 heavy (non-hydrogen) atoms. The van der Waals surface area contributed by atoms with Crippen LogP contribution >= 0.6 is 15.9 Å². The van der Waals surface area contributed by atoms with Crippen LogP contribution in [-0.4, -0.2) is 29.9 Å². The SMILES string of the molecule is CC1(Cc2nc(CCc3nc(-c4cccc(Br)c4)no3)n(-c3cc[nH]c(=O)c3)n2)CC1. The van der Waals surface area contributed by atoms with E-state index >= 15 is 0 Å². The van der Waals surface area contributed by atoms with Crippen molar-refractivity contribution in [1.29, 1.82) is 0 Å². The Morgan fingerprint density at radius 2 is 2.06 bits per heavy atom. The predicted molar refractivity (Wildman–Crippen MR) is 118 cm³/mol. The molecule has 0 unspecified atom stereocenters. The van der Waals surface area contributed by atoms with Gasteiger partial charge in [0.1, 0.15) is 5.82 Å². The molecule has 3 heterocycles. The molecule has 0 saturated heterocycles. The fourth-order valence-corrected chi connectivity index (χ4v) is 3.89. The molecule has 4 aromatic rings. The topological polar surface area (TPSA) is 102 Å². The normalized spacial score (nSPS) is 14.6. The molecule has 1 aromatic carbocycles. The molecule has 1 aliphatic rings. The molecule has 0 amide bonds. The number of nitrogens with one attached hydrogen (secondary N) is 1. The number of hydrogen-bond donors (Lipinski definition) is 1. The van der Waals surface area contributed by atoms with E-state index in [0.29, 0.717) is 35.7 Å². The Morgan fingerprint density at radius 3 is 2.84 bits per heavy atom. The van der Waals surface area contributed by atoms with Crippen LogP contribution in [0.3, 0.4) is 0 Å². The summed E-state index contributed by atoms with van der Waals surface area (Å²) >= 11 is 3.46. The number of halogens is 1. The van der Waals surface area contributed by atoms with Crippen LogP contribution in [0, 0.1) is 5.41 Å². The van der Waals surface area contributed by atoms with E-state index in [4.69, 9.17) is 14.6 Å². The maximum absolute atomic E-state index is 11.8. The minimum atomic E-state index is -0.176. The lowest BCUT2D eigenvalue weighted by Gasteiger charge is -2.04. The van der Waals surface area contributed by atoms with Crippen LogP contribution in [0.2, 0.25) is 0 Å². The number of H-pyrrole nitrogens is 1. The second-order valence-corrected chi connectivity index (χ2v) is 9.19. The first-order chi connectivity index (χ1) is 15.0. The Bertz CT molecular complexity index is 1290. The number of aromatic nitrogens is 6. The molecule has 1 aliphatic carbocycles. The average molecular weight is 481 g/mol. The van der Waals surface area contributed by atoms with E-state index in [2.05, 4.69) is 38.0 Å². The van der Waals surface area contributed by atoms with Crippen LogP contribution in [0.15, 0.2) is 56.4 Å². The van der Waals surface area contributed by atoms with E-state index in [-0.39, 0.29) is 5.56 Å². The summed E-state index contributed by atoms with van der Waals surface area (Å²) in [7, 11) is 0. The molecule has 8 nitrogen and oxygen atoms in total. The number of hydrogen-bond acceptors (Lipinski definition) is 6. The summed E-state index contributed by atoms with van der Waals surface area (Å²) in [6.45, 7) is 2.25. The Balaban J connectivity index is 1.39. The van der Waals surface area contributed by atoms with Crippen molar-refractivity contribution in [2.24, 2.45) is 5.41 Å². The van der Waals surface area contributed by atoms with Gasteiger partial charge >= 0.3 is 0 Å². The van der Waals surface area contributed by atoms with Gasteiger partial charge in [-0.1, -0.05) is 40.1 Å². The van der Waals surface area contributed by atoms with Crippen LogP contribution in [0.5, 0.6) is 0 Å². The van der Waals surface area contributed by atoms with E-state index in [1.165, 1.54) is 18.9 Å². The summed E-state index contributed by atoms with van der Waals surface area (Å²) in [4.78, 5) is 23.7. The number of nitrogens with zero attached hydrogens (tertiary/aromatic N) is 5. The van der Waals surface area contributed by atoms with Gasteiger partial charge in [0.25, 0.3) is 0 Å². The third-order valence-electron chi connectivity index (χ3n) is 5.52. The second kappa shape index (κ2) is 7.88. The first-order valence-corrected chi connectivity index (χ1v) is 11.0. The summed E-state index contributed by atoms with van der Waals surface area (Å²) < 4.78 is 8.16. The van der Waals surface area contributed by atoms with Crippen molar-refractivity contribution >= 4 is 15.9 Å². The predicted octanol–water partition coefficient (Wildman–Crippen LogP) is 3.90. The van der Waals surface area contributed by atoms with Crippen LogP contribution in [0.1, 0.15) is 37.3 Å². The molecule has 5 rings (SSSR count). The Morgan fingerprint density at radius 1 is 1.19 bits per heavy atom. The van der Waals surface area contributed by atoms with Crippen LogP contribution < -0.4 is 5.56 Å². The van der Waals surface area contributed by atoms with E-state index in [1.807, 2.05) is 30.3 Å². The van der Waals surface area contributed by atoms with Crippen LogP contribution in [0.4, 0.5) is 0 Å². The molecule has 9 heteroatoms. The van der Waals surface area contributed by atoms with Crippen LogP contribution in [0.25, 0.3) is 17.1 Å². The molecule has 3 aromatic heterocycles. The first kappa shape index (κ1) is 19.9. The van der Waals surface area contributed by atoms with Crippen molar-refractivity contribution in [3.63, 3.8) is 0 Å². The van der Waals surface area contributed by atoms with E-state index in [1.54, 1.807) is 10.9 Å². The van der Waals surface area contributed by atoms with Gasteiger partial charge < -0.3 is 9.51 Å². The zero-order chi connectivity index (χ0) is 21.4. The van der Waals surface area contributed by atoms with Gasteiger partial charge in [0.15, 0.2) is 5.82 Å². The highest BCUT2D eigenvalue weighted by Crippen LogP contribution is 2.47. The highest BCUT2D eigenvalue weighted by Gasteiger charge is 2.38. The zero-order valence-corrected chi connectivity index (χ0v) is 18.6. The van der Waals surface area contributed by atoms with Gasteiger partial charge in [-0.05, 0) is 36.5 Å². The molecule has 1 saturated carbocycles. The Kier molecular flexibility index (Phi) is 5.05. The molecular formula is C22H21BrN6O2. The fraction of sp³-hybridized carbons (Fsp3) is 0.318. The van der Waals surface area contributed by atoms with Gasteiger partial charge in [-0.15, -0.1) is 0 Å². The second-order valence-electron chi connectivity index (χ2n) is 8.28. The number of aryl methyl sites for hydroxylation is 2. The van der Waals surface area contributed by atoms with Gasteiger partial charge in [-0.25, -0.2) is 9.67 Å². The lowest BCUT2D eigenvalue weighted by molar-refractivity contribution is 0.377. The molecule has 0 atom stereocenters. The summed E-state index contributed by atoms with van der Waals surface area (Å²) in [5.74, 6) is 2.66. The molecule has 0 radical (unpaired) electrons. The minimum absolute atomic E-state index is 0.176. The van der Waals surface area contributed by atoms with Gasteiger partial charge in [-0.3, -0.25) is 4.79 Å². The van der Waals surface area contributed by atoms with Crippen molar-refractivity contribution in [3.05, 3.63) is 75.0 Å². The number of benzene rings is 1. The average Bonchev–Trinajstić information content (AvgIpc) is 3.14. The highest BCUT2D eigenvalue weighted by atomic mass is 79.9. The zero-order valence-electron chi connectivity index (χ0n) is 17.0. The Hall–Kier alpha value is -3.07. The van der Waals surface area contributed by atoms with Gasteiger partial charge in [-0.2, -0.15) is 10.1 Å². The monoisotopic (exact) mass is 480 g/mol. The standard InChI is InChI=1S/C22H21BrN6O2/c1-22(8-9-22)13-17-25-18(29(27-17)16-7-10-24-19(30)12-16)5-6-20-26-21(28-31-20)14-3-2-4-15(23)11-14/h2-4,7,10-12H,5-6,8-9,13H2,1H3,(H,24,30). The minimum Gasteiger partial charge on any atom is -0.339 e. The number of rotatable bonds is 7. The van der Waals surface area contributed by atoms with Crippen LogP contribution in [-0.2, 0) is 19.3 Å². The first-order valence-electron chi connectivity index (χ1n) is 10.2. The largest absolute Gasteiger partial charge is 0.339 e. The molecule has 0 spiro atoms. The lowest BCUT2D eigenvalue weighted by Crippen LogP contribution is -2.10. The highest BCUT2D eigenvalue weighted by molar-refractivity contribution is 9.10. The quantitative estimate of drug-likeness (QED) is 0.430. The number of pyridine rings is 1. The van der Waals surface area contributed by atoms with E-state index < -0.39 is 0 Å². The van der Waals surface area contributed by atoms with E-state index in [0.717, 1.165) is 28.1 Å². The van der Waals surface area contributed by atoms with Gasteiger partial charge in [0, 0.05) is 41.6 Å². The summed E-state index contributed by atoms with van der Waals surface area (Å²) in [5.41, 5.74) is 1.70. The maximum Gasteiger partial charge on any atom is 0.250 e. The molecule has 1 fully saturated rings. The number of aromatic amines is 1. The van der Waals surface area contributed by atoms with Crippen molar-refractivity contribution in [3.8, 4) is 17.1 Å². The molecule has 0 aliphatic heterocycles. The fourth-order valence-electron chi connectivity index (χ4n) is 3.49. The lowest BCUT2D eigenvalue weighted by atomic mass is 10.1. The smallest absolute Gasteiger partial charge is 0.250 e. The maximum atomic E-state index is 11.8. The van der Waals surface area contributed by atoms with Crippen molar-refractivity contribution in [2.75, 3.05) is 0 Å². The summed E-state index contributed by atoms with van der Waals surface area (Å²) in [6.07, 6.45) is 5.94. The van der Waals surface area contributed by atoms with Crippen molar-refractivity contribution in [1.82, 2.24) is 29.9 Å². The third-order valence-corrected chi connectivity index (χ3v) is 6.02.